The van der Waals surface area contributed by atoms with Gasteiger partial charge < -0.3 is 9.97 Å². The van der Waals surface area contributed by atoms with Gasteiger partial charge in [0.15, 0.2) is 0 Å². The fourth-order valence-corrected chi connectivity index (χ4v) is 2.11. The van der Waals surface area contributed by atoms with Crippen molar-refractivity contribution in [2.45, 2.75) is 46.5 Å². The van der Waals surface area contributed by atoms with Gasteiger partial charge in [-0.15, -0.1) is 0 Å². The van der Waals surface area contributed by atoms with E-state index in [1.807, 2.05) is 6.92 Å². The molecule has 0 aliphatic carbocycles. The average Bonchev–Trinajstić information content (AvgIpc) is 2.82. The summed E-state index contributed by atoms with van der Waals surface area (Å²) in [5.41, 5.74) is 4.75. The van der Waals surface area contributed by atoms with Gasteiger partial charge in [0.2, 0.25) is 0 Å². The number of aryl methyl sites for hydroxylation is 4. The molecule has 0 aliphatic rings. The predicted molar refractivity (Wildman–Crippen MR) is 68.1 cm³/mol. The van der Waals surface area contributed by atoms with Crippen molar-refractivity contribution in [1.29, 1.82) is 0 Å². The minimum absolute atomic E-state index is 0.468. The van der Waals surface area contributed by atoms with Crippen LogP contribution in [0.4, 0.5) is 0 Å². The SMILES string of the molecule is Cc1nc(C(C)C)c(CCc2nc[nH]c2C)[nH]1. The molecule has 0 fully saturated rings. The molecular weight excluding hydrogens is 212 g/mol. The lowest BCUT2D eigenvalue weighted by Crippen LogP contribution is -1.99. The highest BCUT2D eigenvalue weighted by molar-refractivity contribution is 5.20. The van der Waals surface area contributed by atoms with E-state index in [0.29, 0.717) is 5.92 Å². The molecule has 0 saturated heterocycles. The Hall–Kier alpha value is -1.58. The first-order valence-electron chi connectivity index (χ1n) is 6.12. The number of nitrogens with zero attached hydrogens (tertiary/aromatic N) is 2. The number of rotatable bonds is 4. The maximum atomic E-state index is 4.55. The third-order valence-electron chi connectivity index (χ3n) is 3.02. The van der Waals surface area contributed by atoms with Gasteiger partial charge in [0, 0.05) is 11.4 Å². The first-order chi connectivity index (χ1) is 8.08. The fourth-order valence-electron chi connectivity index (χ4n) is 2.11. The quantitative estimate of drug-likeness (QED) is 0.851. The number of H-pyrrole nitrogens is 2. The van der Waals surface area contributed by atoms with E-state index in [-0.39, 0.29) is 0 Å². The Morgan fingerprint density at radius 1 is 1.24 bits per heavy atom. The van der Waals surface area contributed by atoms with Crippen molar-refractivity contribution in [3.05, 3.63) is 34.9 Å². The van der Waals surface area contributed by atoms with Crippen LogP contribution in [-0.4, -0.2) is 19.9 Å². The maximum Gasteiger partial charge on any atom is 0.103 e. The molecule has 0 spiro atoms. The molecule has 2 N–H and O–H groups in total. The van der Waals surface area contributed by atoms with Gasteiger partial charge in [-0.05, 0) is 32.6 Å². The molecule has 2 aromatic heterocycles. The molecule has 2 heterocycles. The number of nitrogens with one attached hydrogen (secondary N) is 2. The molecule has 4 heteroatoms. The minimum Gasteiger partial charge on any atom is -0.348 e. The number of aromatic nitrogens is 4. The Kier molecular flexibility index (Phi) is 3.31. The Bertz CT molecular complexity index is 493. The normalized spacial score (nSPS) is 11.4. The minimum atomic E-state index is 0.468. The highest BCUT2D eigenvalue weighted by Gasteiger charge is 2.12. The highest BCUT2D eigenvalue weighted by Crippen LogP contribution is 2.18. The van der Waals surface area contributed by atoms with Crippen molar-refractivity contribution < 1.29 is 0 Å². The Morgan fingerprint density at radius 3 is 2.59 bits per heavy atom. The molecule has 2 rings (SSSR count). The molecule has 0 aliphatic heterocycles. The van der Waals surface area contributed by atoms with E-state index in [0.717, 1.165) is 30.1 Å². The lowest BCUT2D eigenvalue weighted by atomic mass is 10.0. The van der Waals surface area contributed by atoms with Gasteiger partial charge in [-0.2, -0.15) is 0 Å². The second kappa shape index (κ2) is 4.73. The predicted octanol–water partition coefficient (Wildman–Crippen LogP) is 2.66. The summed E-state index contributed by atoms with van der Waals surface area (Å²) in [5.74, 6) is 1.47. The Morgan fingerprint density at radius 2 is 2.00 bits per heavy atom. The van der Waals surface area contributed by atoms with Crippen molar-refractivity contribution in [1.82, 2.24) is 19.9 Å². The van der Waals surface area contributed by atoms with Crippen LogP contribution in [0.15, 0.2) is 6.33 Å². The van der Waals surface area contributed by atoms with Crippen LogP contribution in [0.5, 0.6) is 0 Å². The van der Waals surface area contributed by atoms with Gasteiger partial charge in [0.1, 0.15) is 5.82 Å². The monoisotopic (exact) mass is 232 g/mol. The third kappa shape index (κ3) is 2.57. The molecule has 0 amide bonds. The first-order valence-corrected chi connectivity index (χ1v) is 6.12. The zero-order chi connectivity index (χ0) is 12.4. The first kappa shape index (κ1) is 11.9. The molecule has 4 nitrogen and oxygen atoms in total. The molecule has 0 aromatic carbocycles. The van der Waals surface area contributed by atoms with E-state index >= 15 is 0 Å². The smallest absolute Gasteiger partial charge is 0.103 e. The fraction of sp³-hybridized carbons (Fsp3) is 0.538. The van der Waals surface area contributed by atoms with E-state index in [9.17, 15) is 0 Å². The standard InChI is InChI=1S/C13H20N4/c1-8(2)13-12(16-10(4)17-13)6-5-11-9(3)14-7-15-11/h7-8H,5-6H2,1-4H3,(H,14,15)(H,16,17). The van der Waals surface area contributed by atoms with Gasteiger partial charge in [-0.1, -0.05) is 13.8 Å². The topological polar surface area (TPSA) is 57.4 Å². The van der Waals surface area contributed by atoms with Crippen LogP contribution < -0.4 is 0 Å². The molecule has 0 bridgehead atoms. The van der Waals surface area contributed by atoms with Gasteiger partial charge in [0.25, 0.3) is 0 Å². The number of hydrogen-bond donors (Lipinski definition) is 2. The molecule has 2 aromatic rings. The van der Waals surface area contributed by atoms with Crippen molar-refractivity contribution in [3.63, 3.8) is 0 Å². The van der Waals surface area contributed by atoms with Crippen molar-refractivity contribution >= 4 is 0 Å². The highest BCUT2D eigenvalue weighted by atomic mass is 14.9. The zero-order valence-corrected chi connectivity index (χ0v) is 11.0. The van der Waals surface area contributed by atoms with E-state index < -0.39 is 0 Å². The van der Waals surface area contributed by atoms with E-state index in [1.165, 1.54) is 11.4 Å². The molecule has 0 atom stereocenters. The van der Waals surface area contributed by atoms with Crippen LogP contribution in [0.25, 0.3) is 0 Å². The summed E-state index contributed by atoms with van der Waals surface area (Å²) in [6.45, 7) is 8.43. The summed E-state index contributed by atoms with van der Waals surface area (Å²) in [5, 5.41) is 0. The Labute approximate surface area is 102 Å². The largest absolute Gasteiger partial charge is 0.348 e. The van der Waals surface area contributed by atoms with Crippen LogP contribution in [0, 0.1) is 13.8 Å². The summed E-state index contributed by atoms with van der Waals surface area (Å²) in [6.07, 6.45) is 3.68. The summed E-state index contributed by atoms with van der Waals surface area (Å²) in [6, 6.07) is 0. The molecule has 17 heavy (non-hydrogen) atoms. The van der Waals surface area contributed by atoms with Gasteiger partial charge in [-0.3, -0.25) is 0 Å². The Balaban J connectivity index is 2.11. The summed E-state index contributed by atoms with van der Waals surface area (Å²) >= 11 is 0. The van der Waals surface area contributed by atoms with Crippen molar-refractivity contribution in [2.24, 2.45) is 0 Å². The summed E-state index contributed by atoms with van der Waals surface area (Å²) < 4.78 is 0. The van der Waals surface area contributed by atoms with Crippen LogP contribution in [0.2, 0.25) is 0 Å². The lowest BCUT2D eigenvalue weighted by Gasteiger charge is -2.04. The summed E-state index contributed by atoms with van der Waals surface area (Å²) in [7, 11) is 0. The third-order valence-corrected chi connectivity index (χ3v) is 3.02. The molecule has 0 radical (unpaired) electrons. The molecule has 0 unspecified atom stereocenters. The van der Waals surface area contributed by atoms with Gasteiger partial charge in [0.05, 0.1) is 17.7 Å². The lowest BCUT2D eigenvalue weighted by molar-refractivity contribution is 0.790. The molecule has 0 saturated carbocycles. The van der Waals surface area contributed by atoms with Crippen LogP contribution in [0.3, 0.4) is 0 Å². The zero-order valence-electron chi connectivity index (χ0n) is 11.0. The van der Waals surface area contributed by atoms with Crippen LogP contribution in [0.1, 0.15) is 48.4 Å². The number of aromatic amines is 2. The second-order valence-electron chi connectivity index (χ2n) is 4.81. The second-order valence-corrected chi connectivity index (χ2v) is 4.81. The van der Waals surface area contributed by atoms with Gasteiger partial charge in [-0.25, -0.2) is 9.97 Å². The van der Waals surface area contributed by atoms with E-state index in [2.05, 4.69) is 40.7 Å². The molecular formula is C13H20N4. The average molecular weight is 232 g/mol. The molecule has 92 valence electrons. The number of hydrogen-bond acceptors (Lipinski definition) is 2. The maximum absolute atomic E-state index is 4.55. The van der Waals surface area contributed by atoms with E-state index in [1.54, 1.807) is 6.33 Å². The summed E-state index contributed by atoms with van der Waals surface area (Å²) in [4.78, 5) is 15.3. The van der Waals surface area contributed by atoms with Crippen molar-refractivity contribution in [3.8, 4) is 0 Å². The van der Waals surface area contributed by atoms with Crippen molar-refractivity contribution in [2.75, 3.05) is 0 Å². The van der Waals surface area contributed by atoms with E-state index in [4.69, 9.17) is 0 Å². The van der Waals surface area contributed by atoms with Gasteiger partial charge >= 0.3 is 0 Å². The van der Waals surface area contributed by atoms with Crippen LogP contribution >= 0.6 is 0 Å². The van der Waals surface area contributed by atoms with Crippen LogP contribution in [-0.2, 0) is 12.8 Å². The number of imidazole rings is 2.